The zero-order valence-corrected chi connectivity index (χ0v) is 12.0. The van der Waals surface area contributed by atoms with Crippen LogP contribution in [0.25, 0.3) is 0 Å². The summed E-state index contributed by atoms with van der Waals surface area (Å²) in [5.41, 5.74) is 7.36. The van der Waals surface area contributed by atoms with Crippen molar-refractivity contribution in [2.75, 3.05) is 18.8 Å². The molecule has 1 rings (SSSR count). The second kappa shape index (κ2) is 7.53. The first-order chi connectivity index (χ1) is 9.43. The van der Waals surface area contributed by atoms with Crippen LogP contribution in [0.1, 0.15) is 25.8 Å². The van der Waals surface area contributed by atoms with Crippen molar-refractivity contribution in [1.29, 1.82) is 0 Å². The topological polar surface area (TPSA) is 83.6 Å². The van der Waals surface area contributed by atoms with Crippen molar-refractivity contribution in [2.45, 2.75) is 26.7 Å². The van der Waals surface area contributed by atoms with Gasteiger partial charge in [0.2, 0.25) is 5.91 Å². The second-order valence-corrected chi connectivity index (χ2v) is 4.91. The summed E-state index contributed by atoms with van der Waals surface area (Å²) in [6.07, 6.45) is 1.02. The van der Waals surface area contributed by atoms with E-state index in [1.165, 1.54) is 0 Å². The lowest BCUT2D eigenvalue weighted by Crippen LogP contribution is -2.36. The van der Waals surface area contributed by atoms with Gasteiger partial charge in [0.1, 0.15) is 0 Å². The minimum Gasteiger partial charge on any atom is -0.481 e. The summed E-state index contributed by atoms with van der Waals surface area (Å²) in [4.78, 5) is 24.5. The van der Waals surface area contributed by atoms with Gasteiger partial charge in [-0.05, 0) is 31.0 Å². The Labute approximate surface area is 119 Å². The Hall–Kier alpha value is -2.04. The van der Waals surface area contributed by atoms with Gasteiger partial charge in [0.25, 0.3) is 0 Å². The smallest absolute Gasteiger partial charge is 0.308 e. The van der Waals surface area contributed by atoms with Crippen molar-refractivity contribution in [1.82, 2.24) is 4.90 Å². The van der Waals surface area contributed by atoms with Crippen LogP contribution in [-0.4, -0.2) is 35.0 Å². The van der Waals surface area contributed by atoms with E-state index in [1.54, 1.807) is 11.8 Å². The van der Waals surface area contributed by atoms with Gasteiger partial charge in [-0.25, -0.2) is 0 Å². The zero-order valence-electron chi connectivity index (χ0n) is 12.0. The molecule has 20 heavy (non-hydrogen) atoms. The van der Waals surface area contributed by atoms with Gasteiger partial charge in [-0.15, -0.1) is 0 Å². The monoisotopic (exact) mass is 278 g/mol. The van der Waals surface area contributed by atoms with Gasteiger partial charge in [0, 0.05) is 25.2 Å². The predicted octanol–water partition coefficient (Wildman–Crippen LogP) is 1.77. The Morgan fingerprint density at radius 1 is 1.30 bits per heavy atom. The van der Waals surface area contributed by atoms with Crippen LogP contribution in [0.3, 0.4) is 0 Å². The third-order valence-electron chi connectivity index (χ3n) is 3.26. The fourth-order valence-corrected chi connectivity index (χ4v) is 1.91. The highest BCUT2D eigenvalue weighted by Crippen LogP contribution is 2.10. The van der Waals surface area contributed by atoms with Crippen LogP contribution in [0.2, 0.25) is 0 Å². The average Bonchev–Trinajstić information content (AvgIpc) is 2.43. The Kier molecular flexibility index (Phi) is 6.03. The van der Waals surface area contributed by atoms with E-state index in [0.717, 1.165) is 5.56 Å². The van der Waals surface area contributed by atoms with Gasteiger partial charge in [0.05, 0.1) is 5.92 Å². The van der Waals surface area contributed by atoms with E-state index >= 15 is 0 Å². The number of amides is 1. The van der Waals surface area contributed by atoms with Gasteiger partial charge in [0.15, 0.2) is 0 Å². The first kappa shape index (κ1) is 16.0. The molecular weight excluding hydrogens is 256 g/mol. The van der Waals surface area contributed by atoms with E-state index in [4.69, 9.17) is 10.8 Å². The number of benzene rings is 1. The standard InChI is InChI=1S/C15H22N2O3/c1-3-17(10-11(2)15(19)20)14(18)9-6-12-4-7-13(16)8-5-12/h4-5,7-8,11H,3,6,9-10,16H2,1-2H3,(H,19,20). The number of aliphatic carboxylic acids is 1. The quantitative estimate of drug-likeness (QED) is 0.744. The summed E-state index contributed by atoms with van der Waals surface area (Å²) in [5.74, 6) is -1.44. The maximum Gasteiger partial charge on any atom is 0.308 e. The highest BCUT2D eigenvalue weighted by molar-refractivity contribution is 5.77. The number of nitrogens with zero attached hydrogens (tertiary/aromatic N) is 1. The number of rotatable bonds is 7. The number of hydrogen-bond donors (Lipinski definition) is 2. The molecule has 1 aromatic rings. The van der Waals surface area contributed by atoms with E-state index < -0.39 is 11.9 Å². The molecule has 0 aliphatic carbocycles. The second-order valence-electron chi connectivity index (χ2n) is 4.91. The van der Waals surface area contributed by atoms with Crippen molar-refractivity contribution in [3.8, 4) is 0 Å². The number of nitrogens with two attached hydrogens (primary N) is 1. The van der Waals surface area contributed by atoms with Crippen LogP contribution in [-0.2, 0) is 16.0 Å². The molecule has 0 saturated carbocycles. The average molecular weight is 278 g/mol. The van der Waals surface area contributed by atoms with Crippen LogP contribution in [0.5, 0.6) is 0 Å². The van der Waals surface area contributed by atoms with E-state index in [9.17, 15) is 9.59 Å². The number of carbonyl (C=O) groups excluding carboxylic acids is 1. The Balaban J connectivity index is 2.51. The van der Waals surface area contributed by atoms with Gasteiger partial charge >= 0.3 is 5.97 Å². The van der Waals surface area contributed by atoms with E-state index in [2.05, 4.69) is 0 Å². The van der Waals surface area contributed by atoms with Crippen molar-refractivity contribution >= 4 is 17.6 Å². The molecule has 1 unspecified atom stereocenters. The van der Waals surface area contributed by atoms with Crippen LogP contribution >= 0.6 is 0 Å². The molecule has 1 atom stereocenters. The fourth-order valence-electron chi connectivity index (χ4n) is 1.91. The lowest BCUT2D eigenvalue weighted by molar-refractivity contribution is -0.143. The summed E-state index contributed by atoms with van der Waals surface area (Å²) < 4.78 is 0. The maximum absolute atomic E-state index is 12.1. The molecule has 1 aromatic carbocycles. The number of carbonyl (C=O) groups is 2. The van der Waals surface area contributed by atoms with E-state index in [1.807, 2.05) is 31.2 Å². The Morgan fingerprint density at radius 2 is 1.90 bits per heavy atom. The maximum atomic E-state index is 12.1. The largest absolute Gasteiger partial charge is 0.481 e. The Bertz CT molecular complexity index is 457. The van der Waals surface area contributed by atoms with Crippen LogP contribution in [0.4, 0.5) is 5.69 Å². The molecule has 110 valence electrons. The Morgan fingerprint density at radius 3 is 2.40 bits per heavy atom. The molecular formula is C15H22N2O3. The molecule has 5 nitrogen and oxygen atoms in total. The molecule has 0 saturated heterocycles. The van der Waals surface area contributed by atoms with Crippen LogP contribution in [0.15, 0.2) is 24.3 Å². The molecule has 0 aromatic heterocycles. The minimum atomic E-state index is -0.880. The molecule has 0 aliphatic heterocycles. The summed E-state index contributed by atoms with van der Waals surface area (Å²) >= 11 is 0. The number of anilines is 1. The number of nitrogen functional groups attached to an aromatic ring is 1. The number of hydrogen-bond acceptors (Lipinski definition) is 3. The third kappa shape index (κ3) is 4.91. The van der Waals surface area contributed by atoms with Crippen molar-refractivity contribution in [3.05, 3.63) is 29.8 Å². The zero-order chi connectivity index (χ0) is 15.1. The van der Waals surface area contributed by atoms with Crippen molar-refractivity contribution in [3.63, 3.8) is 0 Å². The molecule has 0 bridgehead atoms. The number of carboxylic acid groups (broad SMARTS) is 1. The summed E-state index contributed by atoms with van der Waals surface area (Å²) in [6, 6.07) is 7.42. The minimum absolute atomic E-state index is 0.0163. The SMILES string of the molecule is CCN(CC(C)C(=O)O)C(=O)CCc1ccc(N)cc1. The highest BCUT2D eigenvalue weighted by Gasteiger charge is 2.18. The molecule has 0 radical (unpaired) electrons. The summed E-state index contributed by atoms with van der Waals surface area (Å²) in [6.45, 7) is 4.25. The molecule has 5 heteroatoms. The lowest BCUT2D eigenvalue weighted by atomic mass is 10.1. The van der Waals surface area contributed by atoms with E-state index in [-0.39, 0.29) is 12.5 Å². The number of aryl methyl sites for hydroxylation is 1. The highest BCUT2D eigenvalue weighted by atomic mass is 16.4. The first-order valence-corrected chi connectivity index (χ1v) is 6.79. The van der Waals surface area contributed by atoms with Crippen molar-refractivity contribution < 1.29 is 14.7 Å². The van der Waals surface area contributed by atoms with E-state index in [0.29, 0.717) is 25.1 Å². The molecule has 0 heterocycles. The molecule has 1 amide bonds. The molecule has 0 spiro atoms. The normalized spacial score (nSPS) is 11.9. The first-order valence-electron chi connectivity index (χ1n) is 6.79. The predicted molar refractivity (Wildman–Crippen MR) is 78.2 cm³/mol. The van der Waals surface area contributed by atoms with Crippen LogP contribution in [0, 0.1) is 5.92 Å². The lowest BCUT2D eigenvalue weighted by Gasteiger charge is -2.23. The molecule has 3 N–H and O–H groups in total. The number of carboxylic acids is 1. The molecule has 0 aliphatic rings. The third-order valence-corrected chi connectivity index (χ3v) is 3.26. The van der Waals surface area contributed by atoms with Gasteiger partial charge in [-0.3, -0.25) is 9.59 Å². The fraction of sp³-hybridized carbons (Fsp3) is 0.467. The molecule has 0 fully saturated rings. The van der Waals surface area contributed by atoms with Gasteiger partial charge < -0.3 is 15.7 Å². The summed E-state index contributed by atoms with van der Waals surface area (Å²) in [7, 11) is 0. The van der Waals surface area contributed by atoms with Gasteiger partial charge in [-0.1, -0.05) is 19.1 Å². The van der Waals surface area contributed by atoms with Crippen molar-refractivity contribution in [2.24, 2.45) is 5.92 Å². The van der Waals surface area contributed by atoms with Gasteiger partial charge in [-0.2, -0.15) is 0 Å². The summed E-state index contributed by atoms with van der Waals surface area (Å²) in [5, 5.41) is 8.89. The van der Waals surface area contributed by atoms with Crippen LogP contribution < -0.4 is 5.73 Å².